The van der Waals surface area contributed by atoms with E-state index in [1.165, 1.54) is 30.8 Å². The average Bonchev–Trinajstić information content (AvgIpc) is 2.63. The van der Waals surface area contributed by atoms with Crippen LogP contribution < -0.4 is 5.32 Å². The van der Waals surface area contributed by atoms with E-state index in [0.717, 1.165) is 10.5 Å². The number of nitrogens with one attached hydrogen (secondary N) is 1. The molecule has 0 saturated carbocycles. The van der Waals surface area contributed by atoms with Crippen molar-refractivity contribution in [3.8, 4) is 0 Å². The van der Waals surface area contributed by atoms with E-state index in [2.05, 4.69) is 5.32 Å². The van der Waals surface area contributed by atoms with E-state index in [4.69, 9.17) is 16.3 Å². The molecular weight excluding hydrogens is 377 g/mol. The Kier molecular flexibility index (Phi) is 7.48. The standard InChI is InChI=1S/C19H19ClFNO3S/c1-12(18(23)22-10-9-13-3-5-14(21)6-4-13)25-19(24)16-11-15(26-2)7-8-17(16)20/h3-8,11-12H,9-10H2,1-2H3,(H,22,23)/t12-/m1/s1. The summed E-state index contributed by atoms with van der Waals surface area (Å²) in [6.45, 7) is 1.85. The van der Waals surface area contributed by atoms with Crippen molar-refractivity contribution < 1.29 is 18.7 Å². The van der Waals surface area contributed by atoms with Crippen molar-refractivity contribution in [1.82, 2.24) is 5.32 Å². The number of thioether (sulfide) groups is 1. The molecule has 0 aliphatic carbocycles. The average molecular weight is 396 g/mol. The fraction of sp³-hybridized carbons (Fsp3) is 0.263. The van der Waals surface area contributed by atoms with E-state index < -0.39 is 18.0 Å². The van der Waals surface area contributed by atoms with Gasteiger partial charge in [0.2, 0.25) is 0 Å². The van der Waals surface area contributed by atoms with Gasteiger partial charge < -0.3 is 10.1 Å². The van der Waals surface area contributed by atoms with Gasteiger partial charge >= 0.3 is 5.97 Å². The lowest BCUT2D eigenvalue weighted by Gasteiger charge is -2.14. The summed E-state index contributed by atoms with van der Waals surface area (Å²) in [4.78, 5) is 25.2. The number of amides is 1. The Morgan fingerprint density at radius 2 is 1.92 bits per heavy atom. The highest BCUT2D eigenvalue weighted by Gasteiger charge is 2.20. The van der Waals surface area contributed by atoms with Crippen LogP contribution in [0.15, 0.2) is 47.4 Å². The predicted molar refractivity (Wildman–Crippen MR) is 101 cm³/mol. The Bertz CT molecular complexity index is 783. The first-order chi connectivity index (χ1) is 12.4. The van der Waals surface area contributed by atoms with Crippen LogP contribution in [0.4, 0.5) is 4.39 Å². The number of halogens is 2. The fourth-order valence-corrected chi connectivity index (χ4v) is 2.82. The number of hydrogen-bond acceptors (Lipinski definition) is 4. The van der Waals surface area contributed by atoms with Crippen LogP contribution in [0.2, 0.25) is 5.02 Å². The molecule has 26 heavy (non-hydrogen) atoms. The van der Waals surface area contributed by atoms with Crippen molar-refractivity contribution >= 4 is 35.2 Å². The summed E-state index contributed by atoms with van der Waals surface area (Å²) in [5, 5.41) is 2.97. The summed E-state index contributed by atoms with van der Waals surface area (Å²) < 4.78 is 18.1. The number of ether oxygens (including phenoxy) is 1. The van der Waals surface area contributed by atoms with E-state index in [1.807, 2.05) is 6.26 Å². The number of benzene rings is 2. The maximum Gasteiger partial charge on any atom is 0.340 e. The Hall–Kier alpha value is -2.05. The molecule has 4 nitrogen and oxygen atoms in total. The van der Waals surface area contributed by atoms with Crippen molar-refractivity contribution in [1.29, 1.82) is 0 Å². The van der Waals surface area contributed by atoms with E-state index in [0.29, 0.717) is 13.0 Å². The summed E-state index contributed by atoms with van der Waals surface area (Å²) >= 11 is 7.51. The zero-order chi connectivity index (χ0) is 19.1. The van der Waals surface area contributed by atoms with E-state index in [1.54, 1.807) is 30.3 Å². The second-order valence-electron chi connectivity index (χ2n) is 5.56. The predicted octanol–water partition coefficient (Wildman–Crippen LogP) is 4.11. The van der Waals surface area contributed by atoms with Crippen LogP contribution in [0.5, 0.6) is 0 Å². The molecule has 1 atom stereocenters. The molecule has 0 radical (unpaired) electrons. The zero-order valence-electron chi connectivity index (χ0n) is 14.4. The SMILES string of the molecule is CSc1ccc(Cl)c(C(=O)O[C@H](C)C(=O)NCCc2ccc(F)cc2)c1. The van der Waals surface area contributed by atoms with Crippen LogP contribution in [0, 0.1) is 5.82 Å². The van der Waals surface area contributed by atoms with Gasteiger partial charge in [0.05, 0.1) is 10.6 Å². The lowest BCUT2D eigenvalue weighted by molar-refractivity contribution is -0.129. The first kappa shape index (κ1) is 20.3. The topological polar surface area (TPSA) is 55.4 Å². The number of rotatable bonds is 7. The van der Waals surface area contributed by atoms with Crippen molar-refractivity contribution in [3.63, 3.8) is 0 Å². The maximum absolute atomic E-state index is 12.9. The zero-order valence-corrected chi connectivity index (χ0v) is 16.0. The summed E-state index contributed by atoms with van der Waals surface area (Å²) in [5.74, 6) is -1.35. The van der Waals surface area contributed by atoms with Crippen LogP contribution >= 0.6 is 23.4 Å². The summed E-state index contributed by atoms with van der Waals surface area (Å²) in [6, 6.07) is 11.1. The highest BCUT2D eigenvalue weighted by molar-refractivity contribution is 7.98. The monoisotopic (exact) mass is 395 g/mol. The number of hydrogen-bond donors (Lipinski definition) is 1. The van der Waals surface area contributed by atoms with Gasteiger partial charge in [0, 0.05) is 11.4 Å². The van der Waals surface area contributed by atoms with Gasteiger partial charge in [-0.05, 0) is 55.5 Å². The molecule has 0 bridgehead atoms. The van der Waals surface area contributed by atoms with Crippen LogP contribution in [-0.4, -0.2) is 30.8 Å². The first-order valence-corrected chi connectivity index (χ1v) is 9.57. The molecule has 7 heteroatoms. The molecule has 138 valence electrons. The molecule has 0 unspecified atom stereocenters. The van der Waals surface area contributed by atoms with E-state index in [-0.39, 0.29) is 16.4 Å². The molecule has 0 aromatic heterocycles. The number of carbonyl (C=O) groups excluding carboxylic acids is 2. The fourth-order valence-electron chi connectivity index (χ4n) is 2.19. The van der Waals surface area contributed by atoms with Gasteiger partial charge in [0.25, 0.3) is 5.91 Å². The lowest BCUT2D eigenvalue weighted by atomic mass is 10.1. The van der Waals surface area contributed by atoms with Crippen molar-refractivity contribution in [2.75, 3.05) is 12.8 Å². The van der Waals surface area contributed by atoms with Gasteiger partial charge in [0.15, 0.2) is 6.10 Å². The molecule has 1 amide bonds. The minimum absolute atomic E-state index is 0.226. The molecule has 0 fully saturated rings. The largest absolute Gasteiger partial charge is 0.449 e. The molecule has 2 rings (SSSR count). The molecule has 2 aromatic carbocycles. The van der Waals surface area contributed by atoms with Gasteiger partial charge in [-0.2, -0.15) is 0 Å². The Balaban J connectivity index is 1.86. The van der Waals surface area contributed by atoms with Crippen LogP contribution in [0.1, 0.15) is 22.8 Å². The number of esters is 1. The highest BCUT2D eigenvalue weighted by atomic mass is 35.5. The Morgan fingerprint density at radius 1 is 1.23 bits per heavy atom. The minimum Gasteiger partial charge on any atom is -0.449 e. The second kappa shape index (κ2) is 9.59. The normalized spacial score (nSPS) is 11.7. The minimum atomic E-state index is -0.954. The molecule has 1 N–H and O–H groups in total. The Labute approximate surface area is 161 Å². The molecule has 0 aliphatic heterocycles. The molecule has 0 saturated heterocycles. The third-order valence-electron chi connectivity index (χ3n) is 3.67. The molecule has 0 aliphatic rings. The van der Waals surface area contributed by atoms with E-state index in [9.17, 15) is 14.0 Å². The third kappa shape index (κ3) is 5.75. The van der Waals surface area contributed by atoms with Crippen LogP contribution in [-0.2, 0) is 16.0 Å². The summed E-state index contributed by atoms with van der Waals surface area (Å²) in [7, 11) is 0. The second-order valence-corrected chi connectivity index (χ2v) is 6.85. The molecule has 0 spiro atoms. The van der Waals surface area contributed by atoms with Crippen molar-refractivity contribution in [3.05, 3.63) is 64.4 Å². The third-order valence-corrected chi connectivity index (χ3v) is 4.73. The summed E-state index contributed by atoms with van der Waals surface area (Å²) in [5.41, 5.74) is 1.13. The van der Waals surface area contributed by atoms with Gasteiger partial charge in [-0.3, -0.25) is 4.79 Å². The van der Waals surface area contributed by atoms with Gasteiger partial charge in [0.1, 0.15) is 5.82 Å². The highest BCUT2D eigenvalue weighted by Crippen LogP contribution is 2.24. The van der Waals surface area contributed by atoms with Crippen molar-refractivity contribution in [2.24, 2.45) is 0 Å². The molecular formula is C19H19ClFNO3S. The maximum atomic E-state index is 12.9. The number of carbonyl (C=O) groups is 2. The molecule has 0 heterocycles. The van der Waals surface area contributed by atoms with Crippen LogP contribution in [0.3, 0.4) is 0 Å². The quantitative estimate of drug-likeness (QED) is 0.566. The smallest absolute Gasteiger partial charge is 0.340 e. The van der Waals surface area contributed by atoms with Gasteiger partial charge in [-0.15, -0.1) is 11.8 Å². The molecule has 2 aromatic rings. The first-order valence-electron chi connectivity index (χ1n) is 7.97. The van der Waals surface area contributed by atoms with E-state index >= 15 is 0 Å². The lowest BCUT2D eigenvalue weighted by Crippen LogP contribution is -2.37. The van der Waals surface area contributed by atoms with Crippen LogP contribution in [0.25, 0.3) is 0 Å². The Morgan fingerprint density at radius 3 is 2.58 bits per heavy atom. The van der Waals surface area contributed by atoms with Crippen molar-refractivity contribution in [2.45, 2.75) is 24.3 Å². The summed E-state index contributed by atoms with van der Waals surface area (Å²) in [6.07, 6.45) is 1.48. The van der Waals surface area contributed by atoms with Gasteiger partial charge in [-0.1, -0.05) is 23.7 Å². The van der Waals surface area contributed by atoms with Gasteiger partial charge in [-0.25, -0.2) is 9.18 Å².